The summed E-state index contributed by atoms with van der Waals surface area (Å²) in [5.41, 5.74) is 23.7. The van der Waals surface area contributed by atoms with Gasteiger partial charge in [-0.3, -0.25) is 0 Å². The monoisotopic (exact) mass is 736 g/mol. The topological polar surface area (TPSA) is 0 Å². The molecule has 0 saturated heterocycles. The lowest BCUT2D eigenvalue weighted by Gasteiger charge is -2.46. The van der Waals surface area contributed by atoms with Crippen LogP contribution in [-0.2, 0) is 10.8 Å². The van der Waals surface area contributed by atoms with Crippen molar-refractivity contribution in [2.24, 2.45) is 5.41 Å². The van der Waals surface area contributed by atoms with Crippen LogP contribution in [0.5, 0.6) is 0 Å². The number of aryl methyl sites for hydroxylation is 3. The van der Waals surface area contributed by atoms with Crippen molar-refractivity contribution in [2.75, 3.05) is 0 Å². The first kappa shape index (κ1) is 36.6. The first-order valence-electron chi connectivity index (χ1n) is 20.6. The van der Waals surface area contributed by atoms with Gasteiger partial charge in [-0.15, -0.1) is 0 Å². The Morgan fingerprint density at radius 2 is 1.18 bits per heavy atom. The molecule has 1 spiro atoms. The van der Waals surface area contributed by atoms with E-state index in [0.717, 1.165) is 12.8 Å². The van der Waals surface area contributed by atoms with Gasteiger partial charge < -0.3 is 0 Å². The molecule has 0 heteroatoms. The van der Waals surface area contributed by atoms with Crippen molar-refractivity contribution in [3.63, 3.8) is 0 Å². The van der Waals surface area contributed by atoms with Gasteiger partial charge in [-0.1, -0.05) is 208 Å². The van der Waals surface area contributed by atoms with Gasteiger partial charge in [0.15, 0.2) is 0 Å². The summed E-state index contributed by atoms with van der Waals surface area (Å²) in [6, 6.07) is 50.6. The number of hydrogen-bond acceptors (Lipinski definition) is 0. The van der Waals surface area contributed by atoms with Crippen LogP contribution in [0.25, 0.3) is 33.4 Å². The van der Waals surface area contributed by atoms with Gasteiger partial charge in [-0.25, -0.2) is 0 Å². The Morgan fingerprint density at radius 3 is 1.95 bits per heavy atom. The summed E-state index contributed by atoms with van der Waals surface area (Å²) < 4.78 is 0. The van der Waals surface area contributed by atoms with Crippen LogP contribution in [0.4, 0.5) is 0 Å². The Bertz CT molecular complexity index is 2690. The molecule has 0 aromatic heterocycles. The zero-order valence-corrected chi connectivity index (χ0v) is 34.3. The van der Waals surface area contributed by atoms with Crippen LogP contribution in [0.15, 0.2) is 199 Å². The molecular formula is C57H52. The maximum atomic E-state index is 4.49. The summed E-state index contributed by atoms with van der Waals surface area (Å²) in [5.74, 6) is 0. The molecule has 5 aliphatic rings. The molecule has 11 rings (SSSR count). The van der Waals surface area contributed by atoms with Crippen LogP contribution in [-0.4, -0.2) is 0 Å². The van der Waals surface area contributed by atoms with E-state index in [1.165, 1.54) is 94.6 Å². The maximum Gasteiger partial charge on any atom is 0.0566 e. The van der Waals surface area contributed by atoms with E-state index in [0.29, 0.717) is 0 Å². The first-order chi connectivity index (χ1) is 27.6. The average molecular weight is 737 g/mol. The second-order valence-electron chi connectivity index (χ2n) is 17.3. The van der Waals surface area contributed by atoms with Gasteiger partial charge in [-0.05, 0) is 117 Å². The van der Waals surface area contributed by atoms with Crippen molar-refractivity contribution < 1.29 is 0 Å². The molecule has 2 atom stereocenters. The molecule has 0 saturated carbocycles. The number of benzene rings is 6. The Balaban J connectivity index is 0.000000123. The smallest absolute Gasteiger partial charge is 0.0566 e. The molecule has 280 valence electrons. The number of fused-ring (bicyclic) bond motifs is 12. The predicted octanol–water partition coefficient (Wildman–Crippen LogP) is 14.9. The van der Waals surface area contributed by atoms with E-state index in [1.807, 2.05) is 6.07 Å². The van der Waals surface area contributed by atoms with Crippen LogP contribution < -0.4 is 0 Å². The van der Waals surface area contributed by atoms with Crippen molar-refractivity contribution in [1.82, 2.24) is 0 Å². The number of rotatable bonds is 1. The lowest BCUT2D eigenvalue weighted by Crippen LogP contribution is -2.42. The highest BCUT2D eigenvalue weighted by atomic mass is 14.6. The zero-order chi connectivity index (χ0) is 39.5. The summed E-state index contributed by atoms with van der Waals surface area (Å²) in [6.45, 7) is 18.1. The summed E-state index contributed by atoms with van der Waals surface area (Å²) in [4.78, 5) is 0. The lowest BCUT2D eigenvalue weighted by atomic mass is 9.55. The van der Waals surface area contributed by atoms with Crippen LogP contribution in [0.1, 0.15) is 72.6 Å². The highest BCUT2D eigenvalue weighted by molar-refractivity contribution is 5.90. The highest BCUT2D eigenvalue weighted by Crippen LogP contribution is 2.71. The van der Waals surface area contributed by atoms with Gasteiger partial charge in [0, 0.05) is 10.8 Å². The van der Waals surface area contributed by atoms with Gasteiger partial charge in [-0.2, -0.15) is 0 Å². The quantitative estimate of drug-likeness (QED) is 0.158. The molecule has 5 aliphatic carbocycles. The first-order valence-corrected chi connectivity index (χ1v) is 20.6. The van der Waals surface area contributed by atoms with Crippen molar-refractivity contribution in [3.05, 3.63) is 238 Å². The van der Waals surface area contributed by atoms with E-state index < -0.39 is 0 Å². The SMILES string of the molecule is C=C1CC=CC2=C1C1=CC=CCC1(C)C21c2ccccc2-c2c(C)cccc21.Cc1ccc(-c2ccccc2)cc1.Cc1ccc2c(c1)C(C)(C)c1ccccc1-2. The van der Waals surface area contributed by atoms with Gasteiger partial charge >= 0.3 is 0 Å². The van der Waals surface area contributed by atoms with Crippen molar-refractivity contribution in [2.45, 2.75) is 65.2 Å². The summed E-state index contributed by atoms with van der Waals surface area (Å²) in [6.07, 6.45) is 13.7. The molecule has 6 aromatic rings. The van der Waals surface area contributed by atoms with Gasteiger partial charge in [0.2, 0.25) is 0 Å². The van der Waals surface area contributed by atoms with Crippen LogP contribution >= 0.6 is 0 Å². The maximum absolute atomic E-state index is 4.49. The molecule has 0 amide bonds. The molecule has 0 bridgehead atoms. The lowest BCUT2D eigenvalue weighted by molar-refractivity contribution is 0.295. The van der Waals surface area contributed by atoms with E-state index in [9.17, 15) is 0 Å². The van der Waals surface area contributed by atoms with E-state index in [4.69, 9.17) is 0 Å². The van der Waals surface area contributed by atoms with E-state index in [2.05, 4.69) is 212 Å². The largest absolute Gasteiger partial charge is 0.0949 e. The molecule has 0 fully saturated rings. The summed E-state index contributed by atoms with van der Waals surface area (Å²) in [7, 11) is 0. The minimum absolute atomic E-state index is 0.000810. The Morgan fingerprint density at radius 1 is 0.544 bits per heavy atom. The molecule has 6 aromatic carbocycles. The predicted molar refractivity (Wildman–Crippen MR) is 243 cm³/mol. The molecule has 2 unspecified atom stereocenters. The molecule has 0 N–H and O–H groups in total. The molecule has 0 radical (unpaired) electrons. The third kappa shape index (κ3) is 5.56. The second kappa shape index (κ2) is 13.9. The third-order valence-electron chi connectivity index (χ3n) is 13.5. The van der Waals surface area contributed by atoms with Crippen LogP contribution in [0.3, 0.4) is 0 Å². The van der Waals surface area contributed by atoms with Gasteiger partial charge in [0.25, 0.3) is 0 Å². The molecule has 0 heterocycles. The number of hydrogen-bond donors (Lipinski definition) is 0. The Hall–Kier alpha value is -5.98. The van der Waals surface area contributed by atoms with Crippen molar-refractivity contribution in [1.29, 1.82) is 0 Å². The standard InChI is InChI=1S/C28H24.C16H16.C13H12/c1-18-10-8-15-23-25(18)20-12-4-5-13-21(20)28(23)24-16-9-11-19(2)26(24)22-14-6-7-17-27(22,28)3;1-11-8-9-13-12-6-4-5-7-14(12)16(2,3)15(13)10-11;1-11-7-9-13(10-8-11)12-5-3-2-4-6-12/h4-10,12-16H,2,11,17H2,1,3H3;4-10H,1-3H3;2-10H,1H3. The molecular weight excluding hydrogens is 685 g/mol. The van der Waals surface area contributed by atoms with Gasteiger partial charge in [0.1, 0.15) is 0 Å². The molecule has 57 heavy (non-hydrogen) atoms. The fourth-order valence-corrected chi connectivity index (χ4v) is 10.7. The van der Waals surface area contributed by atoms with Crippen LogP contribution in [0.2, 0.25) is 0 Å². The minimum atomic E-state index is -0.142. The van der Waals surface area contributed by atoms with Gasteiger partial charge in [0.05, 0.1) is 5.41 Å². The Kier molecular flexibility index (Phi) is 8.93. The van der Waals surface area contributed by atoms with Crippen molar-refractivity contribution >= 4 is 0 Å². The summed E-state index contributed by atoms with van der Waals surface area (Å²) in [5, 5.41) is 0. The Labute approximate surface area is 340 Å². The fraction of sp³-hybridized carbons (Fsp3) is 0.193. The van der Waals surface area contributed by atoms with E-state index >= 15 is 0 Å². The highest BCUT2D eigenvalue weighted by Gasteiger charge is 2.63. The van der Waals surface area contributed by atoms with E-state index in [-0.39, 0.29) is 16.2 Å². The zero-order valence-electron chi connectivity index (χ0n) is 34.3. The number of allylic oxidation sites excluding steroid dienone is 9. The van der Waals surface area contributed by atoms with E-state index in [1.54, 1.807) is 0 Å². The molecule has 0 nitrogen and oxygen atoms in total. The summed E-state index contributed by atoms with van der Waals surface area (Å²) >= 11 is 0. The van der Waals surface area contributed by atoms with Crippen LogP contribution in [0, 0.1) is 26.2 Å². The van der Waals surface area contributed by atoms with Crippen molar-refractivity contribution in [3.8, 4) is 33.4 Å². The average Bonchev–Trinajstić information content (AvgIpc) is 3.76. The fourth-order valence-electron chi connectivity index (χ4n) is 10.7. The third-order valence-corrected chi connectivity index (χ3v) is 13.5. The minimum Gasteiger partial charge on any atom is -0.0949 e. The second-order valence-corrected chi connectivity index (χ2v) is 17.3. The normalized spacial score (nSPS) is 20.9. The molecule has 0 aliphatic heterocycles.